The van der Waals surface area contributed by atoms with Crippen LogP contribution in [0.3, 0.4) is 0 Å². The third-order valence-corrected chi connectivity index (χ3v) is 3.36. The zero-order valence-electron chi connectivity index (χ0n) is 13.9. The molecule has 5 heteroatoms. The molecule has 1 aromatic rings. The zero-order chi connectivity index (χ0) is 17.1. The van der Waals surface area contributed by atoms with Gasteiger partial charge in [0.15, 0.2) is 0 Å². The van der Waals surface area contributed by atoms with Crippen LogP contribution in [0.5, 0.6) is 0 Å². The van der Waals surface area contributed by atoms with Crippen LogP contribution in [-0.4, -0.2) is 30.4 Å². The van der Waals surface area contributed by atoms with Crippen LogP contribution in [0.2, 0.25) is 0 Å². The Balaban J connectivity index is 2.62. The van der Waals surface area contributed by atoms with Crippen molar-refractivity contribution in [2.45, 2.75) is 45.2 Å². The summed E-state index contributed by atoms with van der Waals surface area (Å²) in [6.45, 7) is 4.28. The summed E-state index contributed by atoms with van der Waals surface area (Å²) in [7, 11) is 0. The number of benzene rings is 1. The number of carbonyl (C=O) groups is 2. The van der Waals surface area contributed by atoms with Crippen molar-refractivity contribution in [3.63, 3.8) is 0 Å². The summed E-state index contributed by atoms with van der Waals surface area (Å²) in [6, 6.07) is 9.23. The van der Waals surface area contributed by atoms with E-state index in [0.717, 1.165) is 12.8 Å². The number of aryl methyl sites for hydroxylation is 1. The summed E-state index contributed by atoms with van der Waals surface area (Å²) < 4.78 is 0. The van der Waals surface area contributed by atoms with Gasteiger partial charge in [0.05, 0.1) is 6.04 Å². The molecule has 0 spiro atoms. The Morgan fingerprint density at radius 2 is 1.96 bits per heavy atom. The normalized spacial score (nSPS) is 13.5. The average molecular weight is 317 g/mol. The molecule has 0 saturated carbocycles. The van der Waals surface area contributed by atoms with Crippen molar-refractivity contribution in [2.24, 2.45) is 5.73 Å². The van der Waals surface area contributed by atoms with Crippen LogP contribution >= 0.6 is 0 Å². The highest BCUT2D eigenvalue weighted by Crippen LogP contribution is 2.06. The van der Waals surface area contributed by atoms with Gasteiger partial charge >= 0.3 is 0 Å². The lowest BCUT2D eigenvalue weighted by Crippen LogP contribution is -2.43. The van der Waals surface area contributed by atoms with Gasteiger partial charge in [-0.05, 0) is 31.7 Å². The smallest absolute Gasteiger partial charge is 0.243 e. The molecule has 0 bridgehead atoms. The van der Waals surface area contributed by atoms with Gasteiger partial charge in [0.2, 0.25) is 11.8 Å². The molecular weight excluding hydrogens is 290 g/mol. The van der Waals surface area contributed by atoms with Crippen molar-refractivity contribution in [2.75, 3.05) is 6.54 Å². The molecule has 126 valence electrons. The fourth-order valence-corrected chi connectivity index (χ4v) is 2.01. The van der Waals surface area contributed by atoms with E-state index in [0.29, 0.717) is 13.0 Å². The van der Waals surface area contributed by atoms with E-state index in [1.165, 1.54) is 11.6 Å². The number of amides is 2. The van der Waals surface area contributed by atoms with Crippen LogP contribution in [0.25, 0.3) is 0 Å². The van der Waals surface area contributed by atoms with Gasteiger partial charge in [0.25, 0.3) is 0 Å². The topological polar surface area (TPSA) is 84.2 Å². The second kappa shape index (κ2) is 10.6. The number of carbonyl (C=O) groups excluding carboxylic acids is 2. The number of hydrogen-bond donors (Lipinski definition) is 3. The molecule has 23 heavy (non-hydrogen) atoms. The molecule has 2 atom stereocenters. The average Bonchev–Trinajstić information content (AvgIpc) is 2.56. The van der Waals surface area contributed by atoms with Crippen LogP contribution in [0.15, 0.2) is 42.5 Å². The van der Waals surface area contributed by atoms with Crippen molar-refractivity contribution in [1.82, 2.24) is 10.6 Å². The van der Waals surface area contributed by atoms with E-state index >= 15 is 0 Å². The maximum Gasteiger partial charge on any atom is 0.243 e. The lowest BCUT2D eigenvalue weighted by molar-refractivity contribution is -0.122. The van der Waals surface area contributed by atoms with Crippen molar-refractivity contribution >= 4 is 11.8 Å². The Morgan fingerprint density at radius 1 is 1.26 bits per heavy atom. The van der Waals surface area contributed by atoms with E-state index in [4.69, 9.17) is 5.73 Å². The quantitative estimate of drug-likeness (QED) is 0.604. The molecule has 1 aromatic carbocycles. The second-order valence-corrected chi connectivity index (χ2v) is 5.58. The standard InChI is InChI=1S/C18H27N3O2/c1-3-13-20-17(22)12-11-16(21-18(23)14(2)19)10-9-15-7-5-4-6-8-15/h4-8,11-12,14,16H,3,9-10,13,19H2,1-2H3,(H,20,22)(H,21,23)/t14-,16-/m0/s1. The van der Waals surface area contributed by atoms with Crippen LogP contribution in [-0.2, 0) is 16.0 Å². The minimum atomic E-state index is -0.573. The highest BCUT2D eigenvalue weighted by Gasteiger charge is 2.13. The number of nitrogens with two attached hydrogens (primary N) is 1. The number of rotatable bonds is 9. The Kier molecular flexibility index (Phi) is 8.68. The molecule has 0 fully saturated rings. The van der Waals surface area contributed by atoms with E-state index in [1.807, 2.05) is 37.3 Å². The van der Waals surface area contributed by atoms with Crippen molar-refractivity contribution in [1.29, 1.82) is 0 Å². The minimum Gasteiger partial charge on any atom is -0.353 e. The molecule has 1 rings (SSSR count). The SMILES string of the molecule is CCCNC(=O)C=C[C@H](CCc1ccccc1)NC(=O)[C@H](C)N. The van der Waals surface area contributed by atoms with E-state index in [9.17, 15) is 9.59 Å². The van der Waals surface area contributed by atoms with Crippen LogP contribution < -0.4 is 16.4 Å². The summed E-state index contributed by atoms with van der Waals surface area (Å²) in [5.74, 6) is -0.367. The van der Waals surface area contributed by atoms with Gasteiger partial charge in [-0.15, -0.1) is 0 Å². The molecule has 0 aliphatic carbocycles. The minimum absolute atomic E-state index is 0.147. The molecule has 0 radical (unpaired) electrons. The molecule has 0 aliphatic heterocycles. The first-order chi connectivity index (χ1) is 11.0. The first kappa shape index (κ1) is 18.9. The molecular formula is C18H27N3O2. The maximum absolute atomic E-state index is 11.8. The summed E-state index contributed by atoms with van der Waals surface area (Å²) in [6.07, 6.45) is 5.62. The highest BCUT2D eigenvalue weighted by atomic mass is 16.2. The van der Waals surface area contributed by atoms with E-state index < -0.39 is 6.04 Å². The predicted octanol–water partition coefficient (Wildman–Crippen LogP) is 1.53. The second-order valence-electron chi connectivity index (χ2n) is 5.58. The summed E-state index contributed by atoms with van der Waals surface area (Å²) >= 11 is 0. The van der Waals surface area contributed by atoms with E-state index in [2.05, 4.69) is 10.6 Å². The van der Waals surface area contributed by atoms with Gasteiger partial charge in [0.1, 0.15) is 0 Å². The number of nitrogens with one attached hydrogen (secondary N) is 2. The largest absolute Gasteiger partial charge is 0.353 e. The van der Waals surface area contributed by atoms with E-state index in [-0.39, 0.29) is 17.9 Å². The summed E-state index contributed by atoms with van der Waals surface area (Å²) in [5.41, 5.74) is 6.79. The molecule has 0 heterocycles. The first-order valence-corrected chi connectivity index (χ1v) is 8.08. The highest BCUT2D eigenvalue weighted by molar-refractivity contribution is 5.87. The molecule has 2 amide bonds. The Bertz CT molecular complexity index is 512. The Hall–Kier alpha value is -2.14. The fourth-order valence-electron chi connectivity index (χ4n) is 2.01. The van der Waals surface area contributed by atoms with E-state index in [1.54, 1.807) is 13.0 Å². The first-order valence-electron chi connectivity index (χ1n) is 8.08. The molecule has 5 nitrogen and oxygen atoms in total. The number of hydrogen-bond acceptors (Lipinski definition) is 3. The predicted molar refractivity (Wildman–Crippen MR) is 92.8 cm³/mol. The molecule has 0 aromatic heterocycles. The maximum atomic E-state index is 11.8. The van der Waals surface area contributed by atoms with Gasteiger partial charge in [-0.25, -0.2) is 0 Å². The van der Waals surface area contributed by atoms with Gasteiger partial charge in [-0.1, -0.05) is 43.3 Å². The summed E-state index contributed by atoms with van der Waals surface area (Å²) in [4.78, 5) is 23.5. The fraction of sp³-hybridized carbons (Fsp3) is 0.444. The molecule has 0 saturated heterocycles. The zero-order valence-corrected chi connectivity index (χ0v) is 13.9. The molecule has 0 aliphatic rings. The van der Waals surface area contributed by atoms with Gasteiger partial charge in [-0.3, -0.25) is 9.59 Å². The Labute approximate surface area is 138 Å². The van der Waals surface area contributed by atoms with Gasteiger partial charge in [-0.2, -0.15) is 0 Å². The lowest BCUT2D eigenvalue weighted by atomic mass is 10.0. The van der Waals surface area contributed by atoms with Crippen molar-refractivity contribution < 1.29 is 9.59 Å². The molecule has 4 N–H and O–H groups in total. The summed E-state index contributed by atoms with van der Waals surface area (Å²) in [5, 5.41) is 5.64. The Morgan fingerprint density at radius 3 is 2.57 bits per heavy atom. The third kappa shape index (κ3) is 8.16. The van der Waals surface area contributed by atoms with Crippen molar-refractivity contribution in [3.8, 4) is 0 Å². The third-order valence-electron chi connectivity index (χ3n) is 3.36. The molecule has 0 unspecified atom stereocenters. The van der Waals surface area contributed by atoms with Gasteiger partial charge in [0, 0.05) is 18.7 Å². The van der Waals surface area contributed by atoms with Gasteiger partial charge < -0.3 is 16.4 Å². The van der Waals surface area contributed by atoms with Crippen LogP contribution in [0, 0.1) is 0 Å². The van der Waals surface area contributed by atoms with Crippen LogP contribution in [0.1, 0.15) is 32.3 Å². The van der Waals surface area contributed by atoms with Crippen molar-refractivity contribution in [3.05, 3.63) is 48.0 Å². The monoisotopic (exact) mass is 317 g/mol. The van der Waals surface area contributed by atoms with Crippen LogP contribution in [0.4, 0.5) is 0 Å². The lowest BCUT2D eigenvalue weighted by Gasteiger charge is -2.17.